The van der Waals surface area contributed by atoms with Crippen molar-refractivity contribution < 1.29 is 28.8 Å². The fourth-order valence-corrected chi connectivity index (χ4v) is 2.96. The maximum atomic E-state index is 12.5. The van der Waals surface area contributed by atoms with Crippen LogP contribution in [0.5, 0.6) is 5.75 Å². The van der Waals surface area contributed by atoms with Crippen LogP contribution >= 0.6 is 0 Å². The van der Waals surface area contributed by atoms with E-state index >= 15 is 0 Å². The highest BCUT2D eigenvalue weighted by atomic mass is 16.6. The molecule has 0 saturated heterocycles. The second-order valence-electron chi connectivity index (χ2n) is 6.42. The number of nitro groups is 1. The third-order valence-corrected chi connectivity index (χ3v) is 4.44. The van der Waals surface area contributed by atoms with E-state index in [1.165, 1.54) is 12.1 Å². The Balaban J connectivity index is 1.58. The van der Waals surface area contributed by atoms with Crippen LogP contribution in [0.1, 0.15) is 26.3 Å². The van der Waals surface area contributed by atoms with Crippen molar-refractivity contribution in [1.29, 1.82) is 0 Å². The van der Waals surface area contributed by atoms with Crippen LogP contribution in [0.4, 0.5) is 5.69 Å². The van der Waals surface area contributed by atoms with Crippen LogP contribution in [0.2, 0.25) is 0 Å². The number of fused-ring (bicyclic) bond motifs is 1. The van der Waals surface area contributed by atoms with Gasteiger partial charge in [0.25, 0.3) is 17.5 Å². The molecule has 0 aromatic heterocycles. The molecule has 0 bridgehead atoms. The molecule has 3 amide bonds. The predicted octanol–water partition coefficient (Wildman–Crippen LogP) is 1.53. The number of nitro benzene ring substituents is 1. The average Bonchev–Trinajstić information content (AvgIpc) is 2.98. The Morgan fingerprint density at radius 1 is 1.10 bits per heavy atom. The van der Waals surface area contributed by atoms with Crippen LogP contribution in [-0.2, 0) is 16.1 Å². The van der Waals surface area contributed by atoms with Crippen LogP contribution in [0.3, 0.4) is 0 Å². The summed E-state index contributed by atoms with van der Waals surface area (Å²) in [5.74, 6) is -1.48. The van der Waals surface area contributed by atoms with Gasteiger partial charge in [0.05, 0.1) is 17.1 Å². The van der Waals surface area contributed by atoms with Gasteiger partial charge in [-0.25, -0.2) is 0 Å². The minimum Gasteiger partial charge on any atom is -0.491 e. The molecule has 0 aliphatic carbocycles. The lowest BCUT2D eigenvalue weighted by molar-refractivity contribution is -0.385. The molecular weight excluding hydrogens is 394 g/mol. The van der Waals surface area contributed by atoms with Crippen molar-refractivity contribution in [2.24, 2.45) is 0 Å². The number of rotatable bonds is 9. The molecule has 0 atom stereocenters. The molecule has 3 rings (SSSR count). The molecule has 0 saturated carbocycles. The predicted molar refractivity (Wildman–Crippen MR) is 104 cm³/mol. The second-order valence-corrected chi connectivity index (χ2v) is 6.42. The average molecular weight is 413 g/mol. The van der Waals surface area contributed by atoms with Gasteiger partial charge < -0.3 is 14.8 Å². The Hall–Kier alpha value is -3.79. The van der Waals surface area contributed by atoms with Gasteiger partial charge in [-0.2, -0.15) is 0 Å². The largest absolute Gasteiger partial charge is 0.491 e. The van der Waals surface area contributed by atoms with E-state index in [2.05, 4.69) is 5.32 Å². The first-order valence-corrected chi connectivity index (χ1v) is 9.03. The SMILES string of the molecule is COCCOc1ccc(CNC(=O)CN2C(=O)c3cccc([N+](=O)[O-])c3C2=O)cc1. The summed E-state index contributed by atoms with van der Waals surface area (Å²) in [5, 5.41) is 13.8. The van der Waals surface area contributed by atoms with E-state index in [4.69, 9.17) is 9.47 Å². The molecule has 10 nitrogen and oxygen atoms in total. The summed E-state index contributed by atoms with van der Waals surface area (Å²) in [6.45, 7) is 0.548. The molecule has 0 spiro atoms. The lowest BCUT2D eigenvalue weighted by atomic mass is 10.1. The lowest BCUT2D eigenvalue weighted by Crippen LogP contribution is -2.40. The van der Waals surface area contributed by atoms with Gasteiger partial charge in [-0.05, 0) is 23.8 Å². The summed E-state index contributed by atoms with van der Waals surface area (Å²) < 4.78 is 10.4. The highest BCUT2D eigenvalue weighted by Gasteiger charge is 2.41. The van der Waals surface area contributed by atoms with Crippen molar-refractivity contribution in [1.82, 2.24) is 10.2 Å². The number of carbonyl (C=O) groups excluding carboxylic acids is 3. The summed E-state index contributed by atoms with van der Waals surface area (Å²) >= 11 is 0. The summed E-state index contributed by atoms with van der Waals surface area (Å²) in [7, 11) is 1.58. The topological polar surface area (TPSA) is 128 Å². The number of nitrogens with one attached hydrogen (secondary N) is 1. The van der Waals surface area contributed by atoms with Gasteiger partial charge in [-0.15, -0.1) is 0 Å². The zero-order valence-electron chi connectivity index (χ0n) is 16.1. The van der Waals surface area contributed by atoms with Gasteiger partial charge in [0.15, 0.2) is 0 Å². The van der Waals surface area contributed by atoms with Crippen LogP contribution in [0, 0.1) is 10.1 Å². The third kappa shape index (κ3) is 4.44. The lowest BCUT2D eigenvalue weighted by Gasteiger charge is -2.13. The molecular formula is C20H19N3O7. The minimum absolute atomic E-state index is 0.0777. The van der Waals surface area contributed by atoms with Crippen LogP contribution < -0.4 is 10.1 Å². The van der Waals surface area contributed by atoms with Gasteiger partial charge in [0, 0.05) is 19.7 Å². The first kappa shape index (κ1) is 20.9. The molecule has 1 aliphatic heterocycles. The number of methoxy groups -OCH3 is 1. The standard InChI is InChI=1S/C20H19N3O7/c1-29-9-10-30-14-7-5-13(6-8-14)11-21-17(24)12-22-19(25)15-3-2-4-16(23(27)28)18(15)20(22)26/h2-8H,9-12H2,1H3,(H,21,24). The number of hydrogen-bond acceptors (Lipinski definition) is 7. The zero-order chi connectivity index (χ0) is 21.7. The fraction of sp³-hybridized carbons (Fsp3) is 0.250. The normalized spacial score (nSPS) is 12.6. The smallest absolute Gasteiger partial charge is 0.282 e. The number of carbonyl (C=O) groups is 3. The van der Waals surface area contributed by atoms with E-state index in [1.54, 1.807) is 31.4 Å². The van der Waals surface area contributed by atoms with E-state index in [9.17, 15) is 24.5 Å². The van der Waals surface area contributed by atoms with Gasteiger partial charge in [0.1, 0.15) is 24.5 Å². The number of nitrogens with zero attached hydrogens (tertiary/aromatic N) is 2. The maximum Gasteiger partial charge on any atom is 0.282 e. The number of ether oxygens (including phenoxy) is 2. The van der Waals surface area contributed by atoms with Crippen molar-refractivity contribution in [3.05, 3.63) is 69.3 Å². The molecule has 1 aliphatic rings. The van der Waals surface area contributed by atoms with E-state index in [-0.39, 0.29) is 17.7 Å². The Bertz CT molecular complexity index is 988. The summed E-state index contributed by atoms with van der Waals surface area (Å²) in [6.07, 6.45) is 0. The van der Waals surface area contributed by atoms with Crippen molar-refractivity contribution in [3.8, 4) is 5.75 Å². The molecule has 2 aromatic rings. The molecule has 1 heterocycles. The highest BCUT2D eigenvalue weighted by Crippen LogP contribution is 2.30. The number of amides is 3. The Labute approximate surface area is 171 Å². The van der Waals surface area contributed by atoms with Crippen molar-refractivity contribution in [2.75, 3.05) is 26.9 Å². The van der Waals surface area contributed by atoms with E-state index in [0.717, 1.165) is 11.6 Å². The van der Waals surface area contributed by atoms with Crippen molar-refractivity contribution in [3.63, 3.8) is 0 Å². The van der Waals surface area contributed by atoms with Gasteiger partial charge in [0.2, 0.25) is 5.91 Å². The van der Waals surface area contributed by atoms with E-state index in [1.807, 2.05) is 0 Å². The van der Waals surface area contributed by atoms with Crippen LogP contribution in [0.25, 0.3) is 0 Å². The first-order valence-electron chi connectivity index (χ1n) is 9.03. The Morgan fingerprint density at radius 2 is 1.83 bits per heavy atom. The van der Waals surface area contributed by atoms with E-state index in [0.29, 0.717) is 23.9 Å². The minimum atomic E-state index is -0.852. The third-order valence-electron chi connectivity index (χ3n) is 4.44. The van der Waals surface area contributed by atoms with Crippen molar-refractivity contribution >= 4 is 23.4 Å². The van der Waals surface area contributed by atoms with Gasteiger partial charge in [-0.3, -0.25) is 29.4 Å². The number of imide groups is 1. The van der Waals surface area contributed by atoms with Crippen LogP contribution in [0.15, 0.2) is 42.5 Å². The number of hydrogen-bond donors (Lipinski definition) is 1. The quantitative estimate of drug-likeness (QED) is 0.286. The molecule has 2 aromatic carbocycles. The molecule has 156 valence electrons. The number of benzene rings is 2. The molecule has 0 radical (unpaired) electrons. The van der Waals surface area contributed by atoms with Gasteiger partial charge >= 0.3 is 0 Å². The fourth-order valence-electron chi connectivity index (χ4n) is 2.96. The van der Waals surface area contributed by atoms with E-state index < -0.39 is 34.9 Å². The molecule has 0 fully saturated rings. The molecule has 10 heteroatoms. The Morgan fingerprint density at radius 3 is 2.50 bits per heavy atom. The van der Waals surface area contributed by atoms with Gasteiger partial charge in [-0.1, -0.05) is 18.2 Å². The van der Waals surface area contributed by atoms with Crippen LogP contribution in [-0.4, -0.2) is 54.4 Å². The molecule has 30 heavy (non-hydrogen) atoms. The molecule has 1 N–H and O–H groups in total. The highest BCUT2D eigenvalue weighted by molar-refractivity contribution is 6.24. The second kappa shape index (κ2) is 9.14. The molecule has 0 unspecified atom stereocenters. The monoisotopic (exact) mass is 413 g/mol. The first-order chi connectivity index (χ1) is 14.4. The summed E-state index contributed by atoms with van der Waals surface area (Å²) in [4.78, 5) is 48.3. The zero-order valence-corrected chi connectivity index (χ0v) is 16.1. The maximum absolute atomic E-state index is 12.5. The summed E-state index contributed by atoms with van der Waals surface area (Å²) in [6, 6.07) is 10.9. The Kier molecular flexibility index (Phi) is 6.38. The summed E-state index contributed by atoms with van der Waals surface area (Å²) in [5.41, 5.74) is -0.0302. The van der Waals surface area contributed by atoms with Crippen molar-refractivity contribution in [2.45, 2.75) is 6.54 Å².